The number of nitrogen functional groups attached to an aromatic ring is 1. The van der Waals surface area contributed by atoms with Crippen molar-refractivity contribution in [2.75, 3.05) is 11.1 Å². The van der Waals surface area contributed by atoms with E-state index >= 15 is 0 Å². The van der Waals surface area contributed by atoms with Gasteiger partial charge >= 0.3 is 0 Å². The number of hydrogen-bond acceptors (Lipinski definition) is 3. The Hall–Kier alpha value is -1.55. The van der Waals surface area contributed by atoms with E-state index in [1.165, 1.54) is 0 Å². The molecule has 3 nitrogen and oxygen atoms in total. The molecule has 18 heavy (non-hydrogen) atoms. The Balaban J connectivity index is 2.24. The highest BCUT2D eigenvalue weighted by molar-refractivity contribution is 9.10. The minimum atomic E-state index is 0.108. The van der Waals surface area contributed by atoms with Gasteiger partial charge in [0.25, 0.3) is 0 Å². The van der Waals surface area contributed by atoms with E-state index < -0.39 is 0 Å². The van der Waals surface area contributed by atoms with Gasteiger partial charge in [0, 0.05) is 11.9 Å². The highest BCUT2D eigenvalue weighted by atomic mass is 79.9. The van der Waals surface area contributed by atoms with Crippen molar-refractivity contribution in [2.24, 2.45) is 0 Å². The van der Waals surface area contributed by atoms with E-state index in [2.05, 4.69) is 33.2 Å². The first kappa shape index (κ1) is 12.9. The molecule has 4 heteroatoms. The van der Waals surface area contributed by atoms with Crippen LogP contribution in [0.5, 0.6) is 0 Å². The average Bonchev–Trinajstić information content (AvgIpc) is 2.35. The Morgan fingerprint density at radius 1 is 1.28 bits per heavy atom. The number of anilines is 2. The van der Waals surface area contributed by atoms with Gasteiger partial charge < -0.3 is 11.1 Å². The van der Waals surface area contributed by atoms with Crippen molar-refractivity contribution >= 4 is 27.4 Å². The molecule has 2 aromatic rings. The maximum absolute atomic E-state index is 5.97. The van der Waals surface area contributed by atoms with Crippen molar-refractivity contribution in [2.45, 2.75) is 19.9 Å². The third-order valence-corrected chi connectivity index (χ3v) is 3.90. The summed E-state index contributed by atoms with van der Waals surface area (Å²) in [5.74, 6) is 0.839. The first-order valence-electron chi connectivity index (χ1n) is 5.81. The third kappa shape index (κ3) is 2.64. The van der Waals surface area contributed by atoms with Crippen LogP contribution in [0.25, 0.3) is 0 Å². The van der Waals surface area contributed by atoms with Gasteiger partial charge in [0.05, 0.1) is 10.5 Å². The summed E-state index contributed by atoms with van der Waals surface area (Å²) in [6.07, 6.45) is 1.80. The van der Waals surface area contributed by atoms with E-state index in [1.54, 1.807) is 6.20 Å². The van der Waals surface area contributed by atoms with Crippen molar-refractivity contribution in [3.05, 3.63) is 52.1 Å². The number of pyridine rings is 1. The molecule has 1 aromatic heterocycles. The molecule has 0 amide bonds. The fourth-order valence-electron chi connectivity index (χ4n) is 1.83. The second-order valence-corrected chi connectivity index (χ2v) is 5.08. The molecular formula is C14H16BrN3. The topological polar surface area (TPSA) is 50.9 Å². The number of rotatable bonds is 3. The van der Waals surface area contributed by atoms with Gasteiger partial charge in [-0.1, -0.05) is 18.2 Å². The Morgan fingerprint density at radius 2 is 2.00 bits per heavy atom. The average molecular weight is 306 g/mol. The van der Waals surface area contributed by atoms with E-state index in [0.29, 0.717) is 0 Å². The second-order valence-electron chi connectivity index (χ2n) is 4.29. The molecule has 0 radical (unpaired) electrons. The zero-order chi connectivity index (χ0) is 13.1. The summed E-state index contributed by atoms with van der Waals surface area (Å²) in [5, 5.41) is 3.37. The molecule has 3 N–H and O–H groups in total. The van der Waals surface area contributed by atoms with Crippen molar-refractivity contribution in [3.8, 4) is 0 Å². The SMILES string of the molecule is Cc1ccnc(NC(C)c2ccccc2N)c1Br. The minimum absolute atomic E-state index is 0.108. The summed E-state index contributed by atoms with van der Waals surface area (Å²) in [7, 11) is 0. The summed E-state index contributed by atoms with van der Waals surface area (Å²) in [4.78, 5) is 4.34. The van der Waals surface area contributed by atoms with E-state index in [9.17, 15) is 0 Å². The van der Waals surface area contributed by atoms with Crippen LogP contribution >= 0.6 is 15.9 Å². The van der Waals surface area contributed by atoms with Crippen molar-refractivity contribution in [1.82, 2.24) is 4.98 Å². The first-order valence-corrected chi connectivity index (χ1v) is 6.61. The molecule has 0 spiro atoms. The van der Waals surface area contributed by atoms with Crippen LogP contribution in [0.15, 0.2) is 41.0 Å². The van der Waals surface area contributed by atoms with E-state index in [1.807, 2.05) is 37.3 Å². The molecule has 0 fully saturated rings. The van der Waals surface area contributed by atoms with E-state index in [0.717, 1.165) is 27.1 Å². The molecule has 1 aromatic carbocycles. The minimum Gasteiger partial charge on any atom is -0.398 e. The highest BCUT2D eigenvalue weighted by Gasteiger charge is 2.11. The molecule has 0 saturated carbocycles. The Bertz CT molecular complexity index is 554. The van der Waals surface area contributed by atoms with Crippen LogP contribution < -0.4 is 11.1 Å². The van der Waals surface area contributed by atoms with Gasteiger partial charge in [-0.3, -0.25) is 0 Å². The van der Waals surface area contributed by atoms with Gasteiger partial charge in [0.15, 0.2) is 0 Å². The Morgan fingerprint density at radius 3 is 2.72 bits per heavy atom. The molecule has 1 atom stereocenters. The summed E-state index contributed by atoms with van der Waals surface area (Å²) in [6, 6.07) is 9.94. The van der Waals surface area contributed by atoms with Gasteiger partial charge in [0.1, 0.15) is 5.82 Å². The quantitative estimate of drug-likeness (QED) is 0.845. The third-order valence-electron chi connectivity index (χ3n) is 2.90. The maximum atomic E-state index is 5.97. The number of nitrogens with zero attached hydrogens (tertiary/aromatic N) is 1. The zero-order valence-electron chi connectivity index (χ0n) is 10.4. The Kier molecular flexibility index (Phi) is 3.87. The van der Waals surface area contributed by atoms with Crippen molar-refractivity contribution in [1.29, 1.82) is 0 Å². The molecule has 0 aliphatic heterocycles. The predicted molar refractivity (Wildman–Crippen MR) is 79.6 cm³/mol. The van der Waals surface area contributed by atoms with Crippen molar-refractivity contribution in [3.63, 3.8) is 0 Å². The van der Waals surface area contributed by atoms with Gasteiger partial charge in [-0.25, -0.2) is 4.98 Å². The smallest absolute Gasteiger partial charge is 0.141 e. The summed E-state index contributed by atoms with van der Waals surface area (Å²) < 4.78 is 0.992. The predicted octanol–water partition coefficient (Wildman–Crippen LogP) is 3.91. The molecular weight excluding hydrogens is 290 g/mol. The zero-order valence-corrected chi connectivity index (χ0v) is 12.0. The standard InChI is InChI=1S/C14H16BrN3/c1-9-7-8-17-14(13(9)15)18-10(2)11-5-3-4-6-12(11)16/h3-8,10H,16H2,1-2H3,(H,17,18). The molecule has 1 heterocycles. The molecule has 0 bridgehead atoms. The molecule has 0 saturated heterocycles. The van der Waals surface area contributed by atoms with Gasteiger partial charge in [-0.05, 0) is 53.0 Å². The monoisotopic (exact) mass is 305 g/mol. The van der Waals surface area contributed by atoms with Crippen LogP contribution in [-0.4, -0.2) is 4.98 Å². The lowest BCUT2D eigenvalue weighted by atomic mass is 10.1. The van der Waals surface area contributed by atoms with Gasteiger partial charge in [0.2, 0.25) is 0 Å². The molecule has 2 rings (SSSR count). The van der Waals surface area contributed by atoms with Crippen LogP contribution in [0.1, 0.15) is 24.1 Å². The number of halogens is 1. The fraction of sp³-hybridized carbons (Fsp3) is 0.214. The molecule has 0 aliphatic carbocycles. The number of hydrogen-bond donors (Lipinski definition) is 2. The normalized spacial score (nSPS) is 12.2. The second kappa shape index (κ2) is 5.40. The number of para-hydroxylation sites is 1. The van der Waals surface area contributed by atoms with Crippen LogP contribution in [0, 0.1) is 6.92 Å². The van der Waals surface area contributed by atoms with E-state index in [-0.39, 0.29) is 6.04 Å². The molecule has 1 unspecified atom stereocenters. The van der Waals surface area contributed by atoms with Crippen molar-refractivity contribution < 1.29 is 0 Å². The number of nitrogens with two attached hydrogens (primary N) is 1. The largest absolute Gasteiger partial charge is 0.398 e. The number of benzene rings is 1. The van der Waals surface area contributed by atoms with Crippen LogP contribution in [0.3, 0.4) is 0 Å². The van der Waals surface area contributed by atoms with Crippen LogP contribution in [0.4, 0.5) is 11.5 Å². The highest BCUT2D eigenvalue weighted by Crippen LogP contribution is 2.28. The number of aromatic nitrogens is 1. The lowest BCUT2D eigenvalue weighted by molar-refractivity contribution is 0.875. The lowest BCUT2D eigenvalue weighted by Crippen LogP contribution is -2.10. The van der Waals surface area contributed by atoms with Gasteiger partial charge in [-0.15, -0.1) is 0 Å². The van der Waals surface area contributed by atoms with Crippen LogP contribution in [0.2, 0.25) is 0 Å². The summed E-state index contributed by atoms with van der Waals surface area (Å²) >= 11 is 3.54. The van der Waals surface area contributed by atoms with Gasteiger partial charge in [-0.2, -0.15) is 0 Å². The maximum Gasteiger partial charge on any atom is 0.141 e. The van der Waals surface area contributed by atoms with Crippen LogP contribution in [-0.2, 0) is 0 Å². The Labute approximate surface area is 116 Å². The number of aryl methyl sites for hydroxylation is 1. The lowest BCUT2D eigenvalue weighted by Gasteiger charge is -2.18. The van der Waals surface area contributed by atoms with E-state index in [4.69, 9.17) is 5.73 Å². The summed E-state index contributed by atoms with van der Waals surface area (Å²) in [5.41, 5.74) is 8.99. The number of nitrogens with one attached hydrogen (secondary N) is 1. The fourth-order valence-corrected chi connectivity index (χ4v) is 2.18. The molecule has 94 valence electrons. The first-order chi connectivity index (χ1) is 8.59. The molecule has 0 aliphatic rings. The summed E-state index contributed by atoms with van der Waals surface area (Å²) in [6.45, 7) is 4.11.